The molecule has 0 N–H and O–H groups in total. The van der Waals surface area contributed by atoms with Gasteiger partial charge in [0.25, 0.3) is 5.91 Å². The maximum absolute atomic E-state index is 12.8. The van der Waals surface area contributed by atoms with Crippen LogP contribution < -0.4 is 9.64 Å². The van der Waals surface area contributed by atoms with Crippen molar-refractivity contribution >= 4 is 17.6 Å². The second-order valence-corrected chi connectivity index (χ2v) is 6.86. The molecule has 1 aliphatic heterocycles. The van der Waals surface area contributed by atoms with Gasteiger partial charge in [0.2, 0.25) is 0 Å². The van der Waals surface area contributed by atoms with Crippen LogP contribution in [0.2, 0.25) is 0 Å². The lowest BCUT2D eigenvalue weighted by Crippen LogP contribution is -2.39. The Morgan fingerprint density at radius 3 is 2.45 bits per heavy atom. The van der Waals surface area contributed by atoms with Crippen LogP contribution in [0.4, 0.5) is 5.69 Å². The van der Waals surface area contributed by atoms with Gasteiger partial charge in [-0.3, -0.25) is 4.79 Å². The van der Waals surface area contributed by atoms with Crippen LogP contribution >= 0.6 is 0 Å². The topological polar surface area (TPSA) is 55.8 Å². The number of para-hydroxylation sites is 2. The largest absolute Gasteiger partial charge is 0.457 e. The summed E-state index contributed by atoms with van der Waals surface area (Å²) in [6.45, 7) is 2.20. The highest BCUT2D eigenvalue weighted by atomic mass is 16.5. The molecule has 4 rings (SSSR count). The van der Waals surface area contributed by atoms with Crippen molar-refractivity contribution in [1.29, 1.82) is 0 Å². The summed E-state index contributed by atoms with van der Waals surface area (Å²) in [5, 5.41) is 0. The SMILES string of the molecule is C[C@H](OC(=O)c1cccc(Oc2ccccc2)c1)C(=O)N1CCc2ccccc21. The molecule has 0 radical (unpaired) electrons. The molecule has 0 saturated heterocycles. The predicted molar refractivity (Wildman–Crippen MR) is 110 cm³/mol. The molecule has 1 aliphatic rings. The van der Waals surface area contributed by atoms with Gasteiger partial charge < -0.3 is 14.4 Å². The van der Waals surface area contributed by atoms with Gasteiger partial charge in [0.1, 0.15) is 11.5 Å². The molecule has 3 aromatic carbocycles. The van der Waals surface area contributed by atoms with Gasteiger partial charge in [-0.1, -0.05) is 42.5 Å². The van der Waals surface area contributed by atoms with Gasteiger partial charge in [0.05, 0.1) is 5.56 Å². The number of anilines is 1. The van der Waals surface area contributed by atoms with Crippen molar-refractivity contribution in [3.05, 3.63) is 90.0 Å². The van der Waals surface area contributed by atoms with Crippen molar-refractivity contribution in [1.82, 2.24) is 0 Å². The lowest BCUT2D eigenvalue weighted by atomic mass is 10.2. The summed E-state index contributed by atoms with van der Waals surface area (Å²) in [5.74, 6) is 0.421. The van der Waals surface area contributed by atoms with Gasteiger partial charge in [0, 0.05) is 12.2 Å². The Morgan fingerprint density at radius 1 is 0.897 bits per heavy atom. The van der Waals surface area contributed by atoms with Gasteiger partial charge >= 0.3 is 5.97 Å². The van der Waals surface area contributed by atoms with E-state index in [1.807, 2.05) is 54.6 Å². The van der Waals surface area contributed by atoms with E-state index in [0.717, 1.165) is 17.7 Å². The summed E-state index contributed by atoms with van der Waals surface area (Å²) in [6.07, 6.45) is -0.0751. The van der Waals surface area contributed by atoms with E-state index in [-0.39, 0.29) is 5.91 Å². The zero-order valence-electron chi connectivity index (χ0n) is 16.1. The molecular weight excluding hydrogens is 366 g/mol. The fourth-order valence-corrected chi connectivity index (χ4v) is 3.38. The fourth-order valence-electron chi connectivity index (χ4n) is 3.38. The van der Waals surface area contributed by atoms with Crippen molar-refractivity contribution < 1.29 is 19.1 Å². The minimum atomic E-state index is -0.882. The molecule has 1 atom stereocenters. The van der Waals surface area contributed by atoms with E-state index in [1.165, 1.54) is 0 Å². The number of carbonyl (C=O) groups is 2. The number of hydrogen-bond acceptors (Lipinski definition) is 4. The average molecular weight is 387 g/mol. The molecule has 0 bridgehead atoms. The first kappa shape index (κ1) is 18.7. The molecule has 0 spiro atoms. The lowest BCUT2D eigenvalue weighted by molar-refractivity contribution is -0.126. The first-order valence-corrected chi connectivity index (χ1v) is 9.55. The Bertz CT molecular complexity index is 1030. The molecule has 5 nitrogen and oxygen atoms in total. The maximum Gasteiger partial charge on any atom is 0.339 e. The number of benzene rings is 3. The summed E-state index contributed by atoms with van der Waals surface area (Å²) in [7, 11) is 0. The Hall–Kier alpha value is -3.60. The van der Waals surface area contributed by atoms with E-state index in [1.54, 1.807) is 36.1 Å². The van der Waals surface area contributed by atoms with Crippen LogP contribution in [-0.4, -0.2) is 24.5 Å². The summed E-state index contributed by atoms with van der Waals surface area (Å²) in [4.78, 5) is 27.1. The quantitative estimate of drug-likeness (QED) is 0.600. The molecule has 146 valence electrons. The molecule has 1 amide bonds. The summed E-state index contributed by atoms with van der Waals surface area (Å²) >= 11 is 0. The van der Waals surface area contributed by atoms with Crippen molar-refractivity contribution in [2.75, 3.05) is 11.4 Å². The van der Waals surface area contributed by atoms with Crippen molar-refractivity contribution in [3.8, 4) is 11.5 Å². The molecule has 0 aliphatic carbocycles. The van der Waals surface area contributed by atoms with Crippen LogP contribution in [0.5, 0.6) is 11.5 Å². The number of hydrogen-bond donors (Lipinski definition) is 0. The summed E-state index contributed by atoms with van der Waals surface area (Å²) in [5.41, 5.74) is 2.35. The van der Waals surface area contributed by atoms with Gasteiger partial charge in [0.15, 0.2) is 6.10 Å². The monoisotopic (exact) mass is 387 g/mol. The van der Waals surface area contributed by atoms with E-state index in [0.29, 0.717) is 23.6 Å². The van der Waals surface area contributed by atoms with Crippen molar-refractivity contribution in [3.63, 3.8) is 0 Å². The van der Waals surface area contributed by atoms with Crippen LogP contribution in [0.15, 0.2) is 78.9 Å². The van der Waals surface area contributed by atoms with E-state index < -0.39 is 12.1 Å². The number of ether oxygens (including phenoxy) is 2. The fraction of sp³-hybridized carbons (Fsp3) is 0.167. The highest BCUT2D eigenvalue weighted by molar-refractivity contribution is 6.00. The van der Waals surface area contributed by atoms with Crippen LogP contribution in [-0.2, 0) is 16.0 Å². The van der Waals surface area contributed by atoms with Crippen LogP contribution in [0.1, 0.15) is 22.8 Å². The zero-order valence-corrected chi connectivity index (χ0v) is 16.1. The Balaban J connectivity index is 1.43. The predicted octanol–water partition coefficient (Wildman–Crippen LogP) is 4.61. The first-order valence-electron chi connectivity index (χ1n) is 9.55. The molecule has 0 saturated carbocycles. The van der Waals surface area contributed by atoms with Crippen molar-refractivity contribution in [2.45, 2.75) is 19.4 Å². The number of rotatable bonds is 5. The number of fused-ring (bicyclic) bond motifs is 1. The number of esters is 1. The minimum Gasteiger partial charge on any atom is -0.457 e. The maximum atomic E-state index is 12.8. The highest BCUT2D eigenvalue weighted by Crippen LogP contribution is 2.28. The first-order chi connectivity index (χ1) is 14.1. The van der Waals surface area contributed by atoms with Crippen LogP contribution in [0.3, 0.4) is 0 Å². The lowest BCUT2D eigenvalue weighted by Gasteiger charge is -2.21. The van der Waals surface area contributed by atoms with Gasteiger partial charge in [-0.15, -0.1) is 0 Å². The molecular formula is C24H21NO4. The Kier molecular flexibility index (Phi) is 5.29. The zero-order chi connectivity index (χ0) is 20.2. The highest BCUT2D eigenvalue weighted by Gasteiger charge is 2.30. The van der Waals surface area contributed by atoms with E-state index in [9.17, 15) is 9.59 Å². The van der Waals surface area contributed by atoms with E-state index >= 15 is 0 Å². The second-order valence-electron chi connectivity index (χ2n) is 6.86. The van der Waals surface area contributed by atoms with Gasteiger partial charge in [-0.05, 0) is 55.3 Å². The standard InChI is InChI=1S/C24H21NO4/c1-17(23(26)25-15-14-18-8-5-6-13-22(18)25)28-24(27)19-9-7-12-21(16-19)29-20-10-3-2-4-11-20/h2-13,16-17H,14-15H2,1H3/t17-/m0/s1. The third kappa shape index (κ3) is 4.14. The Labute approximate surface area is 169 Å². The third-order valence-corrected chi connectivity index (χ3v) is 4.83. The molecule has 29 heavy (non-hydrogen) atoms. The molecule has 0 fully saturated rings. The number of carbonyl (C=O) groups excluding carboxylic acids is 2. The van der Waals surface area contributed by atoms with Crippen LogP contribution in [0, 0.1) is 0 Å². The molecule has 5 heteroatoms. The number of nitrogens with zero attached hydrogens (tertiary/aromatic N) is 1. The second kappa shape index (κ2) is 8.19. The number of amides is 1. The normalized spacial score (nSPS) is 13.5. The Morgan fingerprint density at radius 2 is 1.62 bits per heavy atom. The van der Waals surface area contributed by atoms with Crippen LogP contribution in [0.25, 0.3) is 0 Å². The van der Waals surface area contributed by atoms with E-state index in [2.05, 4.69) is 0 Å². The molecule has 0 unspecified atom stereocenters. The molecule has 3 aromatic rings. The molecule has 1 heterocycles. The van der Waals surface area contributed by atoms with Gasteiger partial charge in [-0.2, -0.15) is 0 Å². The smallest absolute Gasteiger partial charge is 0.339 e. The summed E-state index contributed by atoms with van der Waals surface area (Å²) < 4.78 is 11.2. The minimum absolute atomic E-state index is 0.222. The van der Waals surface area contributed by atoms with Gasteiger partial charge in [-0.25, -0.2) is 4.79 Å². The summed E-state index contributed by atoms with van der Waals surface area (Å²) in [6, 6.07) is 23.8. The van der Waals surface area contributed by atoms with E-state index in [4.69, 9.17) is 9.47 Å². The van der Waals surface area contributed by atoms with Crippen molar-refractivity contribution in [2.24, 2.45) is 0 Å². The average Bonchev–Trinajstić information content (AvgIpc) is 3.18. The third-order valence-electron chi connectivity index (χ3n) is 4.83. The molecule has 0 aromatic heterocycles.